The minimum absolute atomic E-state index is 0.170. The molecule has 0 aliphatic rings. The van der Waals surface area contributed by atoms with Gasteiger partial charge in [0.25, 0.3) is 0 Å². The zero-order valence-electron chi connectivity index (χ0n) is 15.7. The molecule has 2 aromatic heterocycles. The summed E-state index contributed by atoms with van der Waals surface area (Å²) in [5.74, 6) is 0. The highest BCUT2D eigenvalue weighted by Crippen LogP contribution is 2.26. The first-order valence-electron chi connectivity index (χ1n) is 9.17. The Bertz CT molecular complexity index is 1160. The molecule has 5 heteroatoms. The molecule has 0 bridgehead atoms. The van der Waals surface area contributed by atoms with Crippen molar-refractivity contribution in [2.45, 2.75) is 26.4 Å². The molecule has 0 saturated carbocycles. The Morgan fingerprint density at radius 1 is 1.11 bits per heavy atom. The second-order valence-corrected chi connectivity index (χ2v) is 8.42. The lowest BCUT2D eigenvalue weighted by Crippen LogP contribution is -2.83. The Morgan fingerprint density at radius 3 is 2.61 bits per heavy atom. The van der Waals surface area contributed by atoms with Crippen molar-refractivity contribution in [1.29, 1.82) is 0 Å². The third-order valence-electron chi connectivity index (χ3n) is 4.97. The van der Waals surface area contributed by atoms with Crippen LogP contribution < -0.4 is 10.9 Å². The number of rotatable bonds is 5. The van der Waals surface area contributed by atoms with Crippen LogP contribution in [-0.4, -0.2) is 0 Å². The molecular weight excluding hydrogens is 390 g/mol. The van der Waals surface area contributed by atoms with Crippen molar-refractivity contribution < 1.29 is 9.73 Å². The molecular formula is C23H21ClNO2S+. The number of aryl methyl sites for hydroxylation is 2. The van der Waals surface area contributed by atoms with Gasteiger partial charge in [0.2, 0.25) is 0 Å². The molecule has 0 spiro atoms. The normalized spacial score (nSPS) is 12.4. The van der Waals surface area contributed by atoms with Gasteiger partial charge in [-0.1, -0.05) is 47.5 Å². The molecule has 4 aromatic rings. The molecule has 0 aliphatic carbocycles. The van der Waals surface area contributed by atoms with Crippen LogP contribution in [-0.2, 0) is 6.54 Å². The largest absolute Gasteiger partial charge is 0.423 e. The molecule has 2 aromatic carbocycles. The van der Waals surface area contributed by atoms with E-state index in [1.165, 1.54) is 16.0 Å². The van der Waals surface area contributed by atoms with E-state index in [0.29, 0.717) is 17.2 Å². The fraction of sp³-hybridized carbons (Fsp3) is 0.174. The minimum Gasteiger partial charge on any atom is -0.423 e. The fourth-order valence-electron chi connectivity index (χ4n) is 3.42. The number of fused-ring (bicyclic) bond motifs is 1. The highest BCUT2D eigenvalue weighted by atomic mass is 35.5. The van der Waals surface area contributed by atoms with Crippen LogP contribution in [0, 0.1) is 13.8 Å². The van der Waals surface area contributed by atoms with E-state index in [0.717, 1.165) is 16.5 Å². The van der Waals surface area contributed by atoms with Crippen LogP contribution in [0.5, 0.6) is 0 Å². The first kappa shape index (κ1) is 18.9. The number of nitrogens with two attached hydrogens (primary N) is 1. The van der Waals surface area contributed by atoms with Gasteiger partial charge in [-0.15, -0.1) is 11.3 Å². The Balaban J connectivity index is 1.70. The molecule has 0 aliphatic heterocycles. The topological polar surface area (TPSA) is 46.8 Å². The molecule has 2 N–H and O–H groups in total. The smallest absolute Gasteiger partial charge is 0.336 e. The van der Waals surface area contributed by atoms with E-state index in [9.17, 15) is 4.79 Å². The molecule has 28 heavy (non-hydrogen) atoms. The molecule has 0 amide bonds. The second-order valence-electron chi connectivity index (χ2n) is 7.03. The van der Waals surface area contributed by atoms with Gasteiger partial charge in [-0.05, 0) is 43.0 Å². The van der Waals surface area contributed by atoms with Gasteiger partial charge in [0.1, 0.15) is 18.2 Å². The van der Waals surface area contributed by atoms with Crippen LogP contribution in [0.3, 0.4) is 0 Å². The maximum atomic E-state index is 12.1. The predicted molar refractivity (Wildman–Crippen MR) is 115 cm³/mol. The van der Waals surface area contributed by atoms with Gasteiger partial charge >= 0.3 is 5.63 Å². The van der Waals surface area contributed by atoms with Gasteiger partial charge in [-0.3, -0.25) is 0 Å². The van der Waals surface area contributed by atoms with Crippen LogP contribution in [0.2, 0.25) is 5.02 Å². The summed E-state index contributed by atoms with van der Waals surface area (Å²) in [5.41, 5.74) is 4.57. The molecule has 1 atom stereocenters. The van der Waals surface area contributed by atoms with Crippen molar-refractivity contribution in [3.63, 3.8) is 0 Å². The minimum atomic E-state index is -0.333. The van der Waals surface area contributed by atoms with E-state index in [2.05, 4.69) is 54.0 Å². The van der Waals surface area contributed by atoms with Crippen molar-refractivity contribution in [2.24, 2.45) is 0 Å². The third kappa shape index (κ3) is 3.90. The lowest BCUT2D eigenvalue weighted by Gasteiger charge is -2.16. The van der Waals surface area contributed by atoms with Gasteiger partial charge in [-0.2, -0.15) is 0 Å². The van der Waals surface area contributed by atoms with Gasteiger partial charge in [0.05, 0.1) is 4.88 Å². The summed E-state index contributed by atoms with van der Waals surface area (Å²) in [6, 6.07) is 18.3. The van der Waals surface area contributed by atoms with Crippen molar-refractivity contribution in [3.05, 3.63) is 103 Å². The van der Waals surface area contributed by atoms with Gasteiger partial charge in [0.15, 0.2) is 0 Å². The van der Waals surface area contributed by atoms with Gasteiger partial charge in [-0.25, -0.2) is 4.79 Å². The summed E-state index contributed by atoms with van der Waals surface area (Å²) in [5, 5.41) is 5.93. The van der Waals surface area contributed by atoms with Crippen molar-refractivity contribution >= 4 is 33.9 Å². The summed E-state index contributed by atoms with van der Waals surface area (Å²) in [4.78, 5) is 13.4. The van der Waals surface area contributed by atoms with Crippen LogP contribution in [0.15, 0.2) is 69.2 Å². The molecule has 0 unspecified atom stereocenters. The lowest BCUT2D eigenvalue weighted by atomic mass is 10.0. The van der Waals surface area contributed by atoms with Gasteiger partial charge in [0, 0.05) is 27.6 Å². The average Bonchev–Trinajstić information content (AvgIpc) is 3.19. The zero-order chi connectivity index (χ0) is 19.7. The highest BCUT2D eigenvalue weighted by molar-refractivity contribution is 7.10. The van der Waals surface area contributed by atoms with E-state index in [4.69, 9.17) is 16.0 Å². The molecule has 142 valence electrons. The molecule has 0 saturated heterocycles. The van der Waals surface area contributed by atoms with Gasteiger partial charge < -0.3 is 9.73 Å². The van der Waals surface area contributed by atoms with Crippen LogP contribution in [0.4, 0.5) is 0 Å². The molecule has 3 nitrogen and oxygen atoms in total. The summed E-state index contributed by atoms with van der Waals surface area (Å²) < 4.78 is 5.39. The van der Waals surface area contributed by atoms with Crippen LogP contribution in [0.1, 0.15) is 33.2 Å². The fourth-order valence-corrected chi connectivity index (χ4v) is 4.43. The Morgan fingerprint density at radius 2 is 1.89 bits per heavy atom. The van der Waals surface area contributed by atoms with Crippen molar-refractivity contribution in [3.8, 4) is 0 Å². The van der Waals surface area contributed by atoms with Crippen molar-refractivity contribution in [1.82, 2.24) is 0 Å². The summed E-state index contributed by atoms with van der Waals surface area (Å²) in [6.45, 7) is 4.65. The number of hydrogen-bond donors (Lipinski definition) is 1. The van der Waals surface area contributed by atoms with Crippen LogP contribution in [0.25, 0.3) is 11.0 Å². The van der Waals surface area contributed by atoms with E-state index in [-0.39, 0.29) is 11.7 Å². The van der Waals surface area contributed by atoms with Crippen LogP contribution >= 0.6 is 22.9 Å². The summed E-state index contributed by atoms with van der Waals surface area (Å²) in [6.07, 6.45) is 0. The Kier molecular flexibility index (Phi) is 5.36. The Labute approximate surface area is 172 Å². The predicted octanol–water partition coefficient (Wildman–Crippen LogP) is 4.98. The van der Waals surface area contributed by atoms with E-state index < -0.39 is 0 Å². The lowest BCUT2D eigenvalue weighted by molar-refractivity contribution is -0.701. The number of thiophene rings is 1. The third-order valence-corrected chi connectivity index (χ3v) is 6.33. The number of hydrogen-bond acceptors (Lipinski definition) is 3. The first-order chi connectivity index (χ1) is 13.5. The molecule has 4 rings (SSSR count). The zero-order valence-corrected chi connectivity index (χ0v) is 17.3. The molecule has 0 radical (unpaired) electrons. The number of halogens is 1. The van der Waals surface area contributed by atoms with Crippen molar-refractivity contribution in [2.75, 3.05) is 0 Å². The average molecular weight is 411 g/mol. The monoisotopic (exact) mass is 410 g/mol. The molecule has 0 fully saturated rings. The maximum absolute atomic E-state index is 12.1. The van der Waals surface area contributed by atoms with E-state index >= 15 is 0 Å². The number of quaternary nitrogens is 1. The van der Waals surface area contributed by atoms with E-state index in [1.54, 1.807) is 17.4 Å². The number of benzene rings is 2. The summed E-state index contributed by atoms with van der Waals surface area (Å²) >= 11 is 8.07. The second kappa shape index (κ2) is 7.92. The van der Waals surface area contributed by atoms with E-state index in [1.807, 2.05) is 19.1 Å². The SMILES string of the molecule is Cc1ccc([C@H]([NH2+]Cc2cc(=O)oc3cc(C)c(Cl)cc23)c2cccs2)cc1. The summed E-state index contributed by atoms with van der Waals surface area (Å²) in [7, 11) is 0. The Hall–Kier alpha value is -2.40. The standard InChI is InChI=1S/C23H20ClNO2S/c1-14-5-7-16(8-6-14)23(21-4-3-9-28-21)25-13-17-11-22(26)27-20-10-15(2)19(24)12-18(17)20/h3-12,23,25H,13H2,1-2H3/p+1/t23-/m0/s1. The quantitative estimate of drug-likeness (QED) is 0.472. The molecule has 2 heterocycles. The first-order valence-corrected chi connectivity index (χ1v) is 10.4. The maximum Gasteiger partial charge on any atom is 0.336 e. The highest BCUT2D eigenvalue weighted by Gasteiger charge is 2.20.